The summed E-state index contributed by atoms with van der Waals surface area (Å²) in [6.45, 7) is -0.0440. The van der Waals surface area contributed by atoms with Crippen LogP contribution in [0.15, 0.2) is 40.9 Å². The average molecular weight is 348 g/mol. The van der Waals surface area contributed by atoms with Gasteiger partial charge in [-0.2, -0.15) is 5.26 Å². The molecule has 0 atom stereocenters. The van der Waals surface area contributed by atoms with Gasteiger partial charge in [-0.3, -0.25) is 0 Å². The minimum Gasteiger partial charge on any atom is -0.488 e. The van der Waals surface area contributed by atoms with Crippen LogP contribution >= 0.6 is 15.9 Å². The van der Waals surface area contributed by atoms with Crippen molar-refractivity contribution in [1.82, 2.24) is 0 Å². The van der Waals surface area contributed by atoms with Crippen LogP contribution in [0.5, 0.6) is 5.75 Å². The smallest absolute Gasteiger partial charge is 0.130 e. The molecule has 0 saturated carbocycles. The van der Waals surface area contributed by atoms with Gasteiger partial charge in [0.2, 0.25) is 0 Å². The van der Waals surface area contributed by atoms with Gasteiger partial charge in [0.15, 0.2) is 0 Å². The van der Waals surface area contributed by atoms with Crippen LogP contribution in [0.1, 0.15) is 22.3 Å². The van der Waals surface area contributed by atoms with E-state index in [0.717, 1.165) is 10.0 Å². The molecule has 2 aromatic carbocycles. The second-order valence-corrected chi connectivity index (χ2v) is 5.38. The monoisotopic (exact) mass is 347 g/mol. The molecular formula is C16H14BrNO3. The summed E-state index contributed by atoms with van der Waals surface area (Å²) in [5.74, 6) is 0.493. The zero-order valence-electron chi connectivity index (χ0n) is 11.2. The van der Waals surface area contributed by atoms with Crippen molar-refractivity contribution in [3.05, 3.63) is 63.1 Å². The predicted octanol–water partition coefficient (Wildman–Crippen LogP) is 2.88. The molecule has 2 rings (SSSR count). The lowest BCUT2D eigenvalue weighted by Crippen LogP contribution is -2.03. The number of halogens is 1. The standard InChI is InChI=1S/C16H14BrNO3/c17-15-5-13(8-19)16(14(6-15)9-20)21-10-12-3-1-11(7-18)2-4-12/h1-6,19-20H,8-10H2. The van der Waals surface area contributed by atoms with Crippen LogP contribution in [0, 0.1) is 11.3 Å². The fourth-order valence-electron chi connectivity index (χ4n) is 1.96. The highest BCUT2D eigenvalue weighted by molar-refractivity contribution is 9.10. The Morgan fingerprint density at radius 1 is 1.05 bits per heavy atom. The molecule has 0 bridgehead atoms. The van der Waals surface area contributed by atoms with E-state index in [-0.39, 0.29) is 13.2 Å². The van der Waals surface area contributed by atoms with Gasteiger partial charge in [0.25, 0.3) is 0 Å². The molecule has 0 radical (unpaired) electrons. The minimum atomic E-state index is -0.171. The Hall–Kier alpha value is -1.87. The highest BCUT2D eigenvalue weighted by Crippen LogP contribution is 2.29. The zero-order valence-corrected chi connectivity index (χ0v) is 12.8. The van der Waals surface area contributed by atoms with E-state index in [4.69, 9.17) is 10.00 Å². The number of ether oxygens (including phenoxy) is 1. The quantitative estimate of drug-likeness (QED) is 0.872. The fraction of sp³-hybridized carbons (Fsp3) is 0.188. The van der Waals surface area contributed by atoms with Crippen LogP contribution in [0.25, 0.3) is 0 Å². The van der Waals surface area contributed by atoms with Crippen molar-refractivity contribution in [1.29, 1.82) is 5.26 Å². The molecule has 2 aromatic rings. The number of rotatable bonds is 5. The Balaban J connectivity index is 2.20. The van der Waals surface area contributed by atoms with Gasteiger partial charge in [-0.15, -0.1) is 0 Å². The molecule has 0 unspecified atom stereocenters. The topological polar surface area (TPSA) is 73.5 Å². The maximum atomic E-state index is 9.41. The predicted molar refractivity (Wildman–Crippen MR) is 81.5 cm³/mol. The molecule has 5 heteroatoms. The molecule has 21 heavy (non-hydrogen) atoms. The van der Waals surface area contributed by atoms with Crippen LogP contribution in [-0.4, -0.2) is 10.2 Å². The zero-order chi connectivity index (χ0) is 15.2. The third-order valence-corrected chi connectivity index (χ3v) is 3.47. The first-order chi connectivity index (χ1) is 10.2. The summed E-state index contributed by atoms with van der Waals surface area (Å²) in [7, 11) is 0. The van der Waals surface area contributed by atoms with Crippen molar-refractivity contribution in [2.45, 2.75) is 19.8 Å². The SMILES string of the molecule is N#Cc1ccc(COc2c(CO)cc(Br)cc2CO)cc1. The van der Waals surface area contributed by atoms with E-state index in [9.17, 15) is 10.2 Å². The Morgan fingerprint density at radius 2 is 1.62 bits per heavy atom. The molecule has 0 aromatic heterocycles. The van der Waals surface area contributed by atoms with Crippen LogP contribution in [0.4, 0.5) is 0 Å². The third kappa shape index (κ3) is 3.82. The largest absolute Gasteiger partial charge is 0.488 e. The van der Waals surface area contributed by atoms with E-state index in [2.05, 4.69) is 22.0 Å². The summed E-state index contributed by atoms with van der Waals surface area (Å²) in [4.78, 5) is 0. The van der Waals surface area contributed by atoms with Crippen molar-refractivity contribution in [3.8, 4) is 11.8 Å². The molecule has 0 amide bonds. The van der Waals surface area contributed by atoms with Gasteiger partial charge >= 0.3 is 0 Å². The van der Waals surface area contributed by atoms with Crippen molar-refractivity contribution in [2.24, 2.45) is 0 Å². The molecule has 2 N–H and O–H groups in total. The van der Waals surface area contributed by atoms with Gasteiger partial charge in [-0.25, -0.2) is 0 Å². The van der Waals surface area contributed by atoms with Crippen molar-refractivity contribution < 1.29 is 14.9 Å². The first-order valence-corrected chi connectivity index (χ1v) is 7.12. The van der Waals surface area contributed by atoms with Gasteiger partial charge in [0, 0.05) is 15.6 Å². The molecule has 0 aliphatic heterocycles. The maximum absolute atomic E-state index is 9.41. The number of hydrogen-bond acceptors (Lipinski definition) is 4. The average Bonchev–Trinajstić information content (AvgIpc) is 2.53. The Bertz CT molecular complexity index is 637. The van der Waals surface area contributed by atoms with E-state index < -0.39 is 0 Å². The maximum Gasteiger partial charge on any atom is 0.130 e. The second-order valence-electron chi connectivity index (χ2n) is 4.47. The van der Waals surface area contributed by atoms with Gasteiger partial charge in [0.1, 0.15) is 12.4 Å². The lowest BCUT2D eigenvalue weighted by molar-refractivity contribution is 0.242. The molecule has 0 saturated heterocycles. The van der Waals surface area contributed by atoms with Crippen LogP contribution in [0.3, 0.4) is 0 Å². The molecule has 108 valence electrons. The summed E-state index contributed by atoms with van der Waals surface area (Å²) in [5, 5.41) is 27.6. The first-order valence-electron chi connectivity index (χ1n) is 6.32. The lowest BCUT2D eigenvalue weighted by Gasteiger charge is -2.15. The van der Waals surface area contributed by atoms with Crippen molar-refractivity contribution >= 4 is 15.9 Å². The molecule has 4 nitrogen and oxygen atoms in total. The highest BCUT2D eigenvalue weighted by atomic mass is 79.9. The Morgan fingerprint density at radius 3 is 2.10 bits per heavy atom. The number of benzene rings is 2. The summed E-state index contributed by atoms with van der Waals surface area (Å²) >= 11 is 3.33. The van der Waals surface area contributed by atoms with Gasteiger partial charge in [0.05, 0.1) is 24.8 Å². The first kappa shape index (κ1) is 15.5. The van der Waals surface area contributed by atoms with Gasteiger partial charge in [-0.1, -0.05) is 28.1 Å². The highest BCUT2D eigenvalue weighted by Gasteiger charge is 2.11. The normalized spacial score (nSPS) is 10.2. The van der Waals surface area contributed by atoms with Gasteiger partial charge in [-0.05, 0) is 29.8 Å². The fourth-order valence-corrected chi connectivity index (χ4v) is 2.52. The molecule has 0 fully saturated rings. The summed E-state index contributed by atoms with van der Waals surface area (Å²) in [5.41, 5.74) is 2.73. The van der Waals surface area contributed by atoms with Crippen LogP contribution in [0.2, 0.25) is 0 Å². The molecule has 0 heterocycles. The summed E-state index contributed by atoms with van der Waals surface area (Å²) in [6, 6.07) is 12.6. The molecule has 0 aliphatic carbocycles. The van der Waals surface area contributed by atoms with E-state index in [1.165, 1.54) is 0 Å². The minimum absolute atomic E-state index is 0.171. The number of hydrogen-bond donors (Lipinski definition) is 2. The number of nitriles is 1. The Kier molecular flexibility index (Phi) is 5.34. The van der Waals surface area contributed by atoms with E-state index in [1.54, 1.807) is 24.3 Å². The number of aliphatic hydroxyl groups is 2. The van der Waals surface area contributed by atoms with E-state index >= 15 is 0 Å². The van der Waals surface area contributed by atoms with Crippen molar-refractivity contribution in [2.75, 3.05) is 0 Å². The third-order valence-electron chi connectivity index (χ3n) is 3.01. The van der Waals surface area contributed by atoms with Crippen LogP contribution in [-0.2, 0) is 19.8 Å². The molecule has 0 spiro atoms. The van der Waals surface area contributed by atoms with Gasteiger partial charge < -0.3 is 14.9 Å². The molecule has 0 aliphatic rings. The van der Waals surface area contributed by atoms with Crippen LogP contribution < -0.4 is 4.74 Å². The number of aliphatic hydroxyl groups excluding tert-OH is 2. The van der Waals surface area contributed by atoms with E-state index in [1.807, 2.05) is 12.1 Å². The summed E-state index contributed by atoms with van der Waals surface area (Å²) in [6.07, 6.45) is 0. The Labute approximate surface area is 131 Å². The lowest BCUT2D eigenvalue weighted by atomic mass is 10.1. The molecular weight excluding hydrogens is 334 g/mol. The summed E-state index contributed by atoms with van der Waals surface area (Å²) < 4.78 is 6.52. The van der Waals surface area contributed by atoms with Crippen molar-refractivity contribution in [3.63, 3.8) is 0 Å². The second kappa shape index (κ2) is 7.23. The van der Waals surface area contributed by atoms with E-state index in [0.29, 0.717) is 29.0 Å². The number of nitrogens with zero attached hydrogens (tertiary/aromatic N) is 1.